The zero-order valence-electron chi connectivity index (χ0n) is 10.4. The Labute approximate surface area is 116 Å². The van der Waals surface area contributed by atoms with Crippen molar-refractivity contribution in [3.63, 3.8) is 0 Å². The Morgan fingerprint density at radius 2 is 2.11 bits per heavy atom. The van der Waals surface area contributed by atoms with Crippen molar-refractivity contribution in [1.82, 2.24) is 0 Å². The van der Waals surface area contributed by atoms with E-state index in [2.05, 4.69) is 0 Å². The maximum atomic E-state index is 11.8. The fourth-order valence-corrected chi connectivity index (χ4v) is 2.44. The molecule has 1 rings (SSSR count). The van der Waals surface area contributed by atoms with Gasteiger partial charge in [-0.05, 0) is 25.1 Å². The predicted molar refractivity (Wildman–Crippen MR) is 69.6 cm³/mol. The summed E-state index contributed by atoms with van der Waals surface area (Å²) in [7, 11) is -2.51. The molecular weight excluding hydrogens is 294 g/mol. The van der Waals surface area contributed by atoms with Gasteiger partial charge in [-0.3, -0.25) is 0 Å². The van der Waals surface area contributed by atoms with Gasteiger partial charge in [0.25, 0.3) is 0 Å². The Morgan fingerprint density at radius 3 is 2.63 bits per heavy atom. The fraction of sp³-hybridized carbons (Fsp3) is 0.364. The molecule has 0 aromatic heterocycles. The molecular formula is C11H14ClNO5S. The topological polar surface area (TPSA) is 95.7 Å². The van der Waals surface area contributed by atoms with Gasteiger partial charge in [-0.15, -0.1) is 0 Å². The van der Waals surface area contributed by atoms with Gasteiger partial charge in [-0.1, -0.05) is 11.6 Å². The number of halogens is 1. The Bertz CT molecular complexity index is 572. The van der Waals surface area contributed by atoms with Crippen molar-refractivity contribution in [2.75, 3.05) is 13.7 Å². The van der Waals surface area contributed by atoms with Gasteiger partial charge in [0.15, 0.2) is 0 Å². The third kappa shape index (κ3) is 4.46. The molecule has 0 bridgehead atoms. The van der Waals surface area contributed by atoms with Gasteiger partial charge >= 0.3 is 5.97 Å². The summed E-state index contributed by atoms with van der Waals surface area (Å²) in [6.45, 7) is 1.89. The maximum Gasteiger partial charge on any atom is 0.338 e. The lowest BCUT2D eigenvalue weighted by molar-refractivity contribution is 0.0120. The Kier molecular flexibility index (Phi) is 5.30. The number of rotatable bonds is 5. The number of sulfonamides is 1. The van der Waals surface area contributed by atoms with Crippen LogP contribution in [0.15, 0.2) is 23.1 Å². The zero-order chi connectivity index (χ0) is 14.6. The van der Waals surface area contributed by atoms with Crippen molar-refractivity contribution in [1.29, 1.82) is 0 Å². The monoisotopic (exact) mass is 307 g/mol. The van der Waals surface area contributed by atoms with Gasteiger partial charge in [0.05, 0.1) is 17.2 Å². The van der Waals surface area contributed by atoms with Crippen LogP contribution in [0.2, 0.25) is 5.02 Å². The van der Waals surface area contributed by atoms with Gasteiger partial charge in [-0.2, -0.15) is 0 Å². The fourth-order valence-electron chi connectivity index (χ4n) is 1.37. The Morgan fingerprint density at radius 1 is 1.47 bits per heavy atom. The summed E-state index contributed by atoms with van der Waals surface area (Å²) in [5, 5.41) is 4.94. The molecule has 6 nitrogen and oxygen atoms in total. The maximum absolute atomic E-state index is 11.8. The van der Waals surface area contributed by atoms with E-state index in [4.69, 9.17) is 26.2 Å². The minimum absolute atomic E-state index is 0.0519. The van der Waals surface area contributed by atoms with Crippen LogP contribution in [0.4, 0.5) is 0 Å². The van der Waals surface area contributed by atoms with E-state index < -0.39 is 22.1 Å². The Hall–Kier alpha value is -1.15. The van der Waals surface area contributed by atoms with E-state index in [-0.39, 0.29) is 22.1 Å². The van der Waals surface area contributed by atoms with E-state index >= 15 is 0 Å². The molecule has 0 radical (unpaired) electrons. The lowest BCUT2D eigenvalue weighted by Crippen LogP contribution is -2.20. The highest BCUT2D eigenvalue weighted by atomic mass is 35.5. The van der Waals surface area contributed by atoms with Crippen molar-refractivity contribution in [3.05, 3.63) is 28.8 Å². The van der Waals surface area contributed by atoms with Crippen molar-refractivity contribution in [2.45, 2.75) is 17.9 Å². The van der Waals surface area contributed by atoms with Crippen molar-refractivity contribution >= 4 is 27.6 Å². The van der Waals surface area contributed by atoms with E-state index in [1.165, 1.54) is 19.2 Å². The van der Waals surface area contributed by atoms with Crippen LogP contribution < -0.4 is 5.14 Å². The van der Waals surface area contributed by atoms with Crippen LogP contribution >= 0.6 is 11.6 Å². The largest absolute Gasteiger partial charge is 0.457 e. The number of hydrogen-bond donors (Lipinski definition) is 1. The first kappa shape index (κ1) is 15.9. The lowest BCUT2D eigenvalue weighted by Gasteiger charge is -2.12. The average molecular weight is 308 g/mol. The summed E-state index contributed by atoms with van der Waals surface area (Å²) in [5.74, 6) is -0.675. The molecule has 1 atom stereocenters. The molecule has 0 fully saturated rings. The van der Waals surface area contributed by atoms with Crippen LogP contribution in [0.25, 0.3) is 0 Å². The minimum atomic E-state index is -3.99. The molecule has 1 unspecified atom stereocenters. The predicted octanol–water partition coefficient (Wildman–Crippen LogP) is 1.18. The smallest absolute Gasteiger partial charge is 0.338 e. The molecule has 19 heavy (non-hydrogen) atoms. The molecule has 106 valence electrons. The van der Waals surface area contributed by atoms with E-state index in [0.29, 0.717) is 0 Å². The number of hydrogen-bond acceptors (Lipinski definition) is 5. The van der Waals surface area contributed by atoms with Gasteiger partial charge < -0.3 is 9.47 Å². The van der Waals surface area contributed by atoms with Crippen molar-refractivity contribution in [2.24, 2.45) is 5.14 Å². The number of carbonyl (C=O) groups excluding carboxylic acids is 1. The average Bonchev–Trinajstić information content (AvgIpc) is 2.27. The molecule has 0 spiro atoms. The first-order valence-corrected chi connectivity index (χ1v) is 7.20. The summed E-state index contributed by atoms with van der Waals surface area (Å²) in [6.07, 6.45) is -0.453. The van der Waals surface area contributed by atoms with Gasteiger partial charge in [0.1, 0.15) is 11.0 Å². The quantitative estimate of drug-likeness (QED) is 0.824. The second-order valence-electron chi connectivity index (χ2n) is 3.86. The summed E-state index contributed by atoms with van der Waals surface area (Å²) in [5.41, 5.74) is 0.0522. The molecule has 0 aliphatic heterocycles. The number of nitrogens with two attached hydrogens (primary N) is 1. The van der Waals surface area contributed by atoms with Crippen molar-refractivity contribution < 1.29 is 22.7 Å². The third-order valence-corrected chi connectivity index (χ3v) is 3.58. The normalized spacial score (nSPS) is 13.1. The SMILES string of the molecule is COCC(C)OC(=O)c1ccc(Cl)c(S(N)(=O)=O)c1. The third-order valence-electron chi connectivity index (χ3n) is 2.18. The highest BCUT2D eigenvalue weighted by molar-refractivity contribution is 7.89. The van der Waals surface area contributed by atoms with E-state index in [1.54, 1.807) is 6.92 Å². The molecule has 0 aliphatic carbocycles. The van der Waals surface area contributed by atoms with E-state index in [9.17, 15) is 13.2 Å². The lowest BCUT2D eigenvalue weighted by atomic mass is 10.2. The Balaban J connectivity index is 3.00. The van der Waals surface area contributed by atoms with E-state index in [1.807, 2.05) is 0 Å². The van der Waals surface area contributed by atoms with Crippen molar-refractivity contribution in [3.8, 4) is 0 Å². The molecule has 2 N–H and O–H groups in total. The number of esters is 1. The first-order chi connectivity index (χ1) is 8.75. The second-order valence-corrected chi connectivity index (χ2v) is 5.80. The van der Waals surface area contributed by atoms with Crippen LogP contribution in [-0.2, 0) is 19.5 Å². The summed E-state index contributed by atoms with van der Waals surface area (Å²) >= 11 is 5.71. The number of carbonyl (C=O) groups is 1. The molecule has 0 saturated carbocycles. The van der Waals surface area contributed by atoms with Gasteiger partial charge in [0.2, 0.25) is 10.0 Å². The van der Waals surface area contributed by atoms with Crippen LogP contribution in [-0.4, -0.2) is 34.2 Å². The van der Waals surface area contributed by atoms with Gasteiger partial charge in [-0.25, -0.2) is 18.4 Å². The molecule has 0 amide bonds. The second kappa shape index (κ2) is 6.33. The van der Waals surface area contributed by atoms with E-state index in [0.717, 1.165) is 6.07 Å². The number of methoxy groups -OCH3 is 1. The molecule has 8 heteroatoms. The van der Waals surface area contributed by atoms with Crippen LogP contribution in [0, 0.1) is 0 Å². The summed E-state index contributed by atoms with van der Waals surface area (Å²) < 4.78 is 32.4. The van der Waals surface area contributed by atoms with Gasteiger partial charge in [0, 0.05) is 7.11 Å². The molecule has 0 heterocycles. The number of benzene rings is 1. The zero-order valence-corrected chi connectivity index (χ0v) is 12.0. The van der Waals surface area contributed by atoms with Crippen LogP contribution in [0.5, 0.6) is 0 Å². The molecule has 1 aromatic rings. The van der Waals surface area contributed by atoms with Crippen LogP contribution in [0.3, 0.4) is 0 Å². The minimum Gasteiger partial charge on any atom is -0.457 e. The summed E-state index contributed by atoms with van der Waals surface area (Å²) in [6, 6.07) is 3.72. The summed E-state index contributed by atoms with van der Waals surface area (Å²) in [4.78, 5) is 11.4. The highest BCUT2D eigenvalue weighted by Gasteiger charge is 2.18. The molecule has 0 aliphatic rings. The highest BCUT2D eigenvalue weighted by Crippen LogP contribution is 2.22. The van der Waals surface area contributed by atoms with Crippen LogP contribution in [0.1, 0.15) is 17.3 Å². The number of ether oxygens (including phenoxy) is 2. The molecule has 0 saturated heterocycles. The number of primary sulfonamides is 1. The first-order valence-electron chi connectivity index (χ1n) is 5.28. The molecule has 1 aromatic carbocycles. The standard InChI is InChI=1S/C11H14ClNO5S/c1-7(6-17-2)18-11(14)8-3-4-9(12)10(5-8)19(13,15)16/h3-5,7H,6H2,1-2H3,(H2,13,15,16).